The molecule has 0 bridgehead atoms. The molecule has 66 valence electrons. The maximum atomic E-state index is 10.9. The van der Waals surface area contributed by atoms with Gasteiger partial charge in [0.2, 0.25) is 5.91 Å². The fraction of sp³-hybridized carbons (Fsp3) is 0.857. The van der Waals surface area contributed by atoms with Crippen LogP contribution in [0.1, 0.15) is 20.3 Å². The van der Waals surface area contributed by atoms with Crippen molar-refractivity contribution < 1.29 is 9.90 Å². The van der Waals surface area contributed by atoms with Gasteiger partial charge >= 0.3 is 0 Å². The molecule has 4 nitrogen and oxygen atoms in total. The van der Waals surface area contributed by atoms with Crippen molar-refractivity contribution in [2.75, 3.05) is 6.54 Å². The van der Waals surface area contributed by atoms with E-state index in [1.54, 1.807) is 0 Å². The largest absolute Gasteiger partial charge is 0.391 e. The van der Waals surface area contributed by atoms with E-state index in [1.807, 2.05) is 6.92 Å². The number of nitrogens with one attached hydrogen (secondary N) is 1. The van der Waals surface area contributed by atoms with Gasteiger partial charge in [-0.2, -0.15) is 0 Å². The summed E-state index contributed by atoms with van der Waals surface area (Å²) >= 11 is 0. The Bertz CT molecular complexity index is 126. The summed E-state index contributed by atoms with van der Waals surface area (Å²) in [4.78, 5) is 10.9. The van der Waals surface area contributed by atoms with E-state index in [1.165, 1.54) is 6.92 Å². The molecule has 4 N–H and O–H groups in total. The standard InChI is InChI=1S/C7H16N2O2/c1-3-4-9-7(11)6(8)5(2)10/h5-6,10H,3-4,8H2,1-2H3,(H,9,11)/t5-,6+/m0/s1. The Kier molecular flexibility index (Phi) is 4.81. The Morgan fingerprint density at radius 1 is 1.73 bits per heavy atom. The molecule has 0 aliphatic rings. The number of amides is 1. The van der Waals surface area contributed by atoms with Crippen LogP contribution in [0.25, 0.3) is 0 Å². The molecular formula is C7H16N2O2. The second-order valence-corrected chi connectivity index (χ2v) is 2.56. The molecule has 0 rings (SSSR count). The van der Waals surface area contributed by atoms with Gasteiger partial charge in [0.25, 0.3) is 0 Å². The Morgan fingerprint density at radius 3 is 2.64 bits per heavy atom. The van der Waals surface area contributed by atoms with Crippen LogP contribution in [0, 0.1) is 0 Å². The zero-order valence-corrected chi connectivity index (χ0v) is 7.00. The van der Waals surface area contributed by atoms with E-state index in [0.717, 1.165) is 6.42 Å². The van der Waals surface area contributed by atoms with Gasteiger partial charge in [-0.25, -0.2) is 0 Å². The Morgan fingerprint density at radius 2 is 2.27 bits per heavy atom. The third-order valence-corrected chi connectivity index (χ3v) is 1.37. The number of carbonyl (C=O) groups is 1. The van der Waals surface area contributed by atoms with Crippen LogP contribution in [-0.2, 0) is 4.79 Å². The molecule has 0 aliphatic carbocycles. The Hall–Kier alpha value is -0.610. The Balaban J connectivity index is 3.64. The maximum Gasteiger partial charge on any atom is 0.239 e. The molecule has 11 heavy (non-hydrogen) atoms. The van der Waals surface area contributed by atoms with E-state index in [2.05, 4.69) is 5.32 Å². The van der Waals surface area contributed by atoms with Crippen LogP contribution < -0.4 is 11.1 Å². The van der Waals surface area contributed by atoms with Gasteiger partial charge in [-0.15, -0.1) is 0 Å². The summed E-state index contributed by atoms with van der Waals surface area (Å²) < 4.78 is 0. The van der Waals surface area contributed by atoms with E-state index in [9.17, 15) is 4.79 Å². The highest BCUT2D eigenvalue weighted by Crippen LogP contribution is 1.87. The molecule has 0 aliphatic heterocycles. The van der Waals surface area contributed by atoms with Crippen LogP contribution in [0.3, 0.4) is 0 Å². The molecule has 0 saturated heterocycles. The van der Waals surface area contributed by atoms with Gasteiger partial charge in [0.05, 0.1) is 6.10 Å². The fourth-order valence-electron chi connectivity index (χ4n) is 0.585. The van der Waals surface area contributed by atoms with Gasteiger partial charge in [0.1, 0.15) is 6.04 Å². The van der Waals surface area contributed by atoms with Crippen molar-refractivity contribution in [2.45, 2.75) is 32.4 Å². The van der Waals surface area contributed by atoms with Crippen LogP contribution in [0.15, 0.2) is 0 Å². The minimum Gasteiger partial charge on any atom is -0.391 e. The maximum absolute atomic E-state index is 10.9. The van der Waals surface area contributed by atoms with Crippen molar-refractivity contribution in [2.24, 2.45) is 5.73 Å². The molecule has 0 fully saturated rings. The van der Waals surface area contributed by atoms with Crippen molar-refractivity contribution in [1.29, 1.82) is 0 Å². The zero-order chi connectivity index (χ0) is 8.85. The molecule has 0 spiro atoms. The highest BCUT2D eigenvalue weighted by atomic mass is 16.3. The average Bonchev–Trinajstić information content (AvgIpc) is 1.98. The third-order valence-electron chi connectivity index (χ3n) is 1.37. The molecule has 1 amide bonds. The zero-order valence-electron chi connectivity index (χ0n) is 7.00. The van der Waals surface area contributed by atoms with E-state index in [4.69, 9.17) is 10.8 Å². The lowest BCUT2D eigenvalue weighted by Crippen LogP contribution is -2.47. The topological polar surface area (TPSA) is 75.4 Å². The van der Waals surface area contributed by atoms with Crippen molar-refractivity contribution in [1.82, 2.24) is 5.32 Å². The first kappa shape index (κ1) is 10.4. The lowest BCUT2D eigenvalue weighted by Gasteiger charge is -2.13. The lowest BCUT2D eigenvalue weighted by molar-refractivity contribution is -0.124. The second kappa shape index (κ2) is 5.09. The summed E-state index contributed by atoms with van der Waals surface area (Å²) in [6.45, 7) is 4.06. The van der Waals surface area contributed by atoms with Crippen LogP contribution in [0.2, 0.25) is 0 Å². The molecule has 4 heteroatoms. The molecule has 0 aromatic rings. The fourth-order valence-corrected chi connectivity index (χ4v) is 0.585. The van der Waals surface area contributed by atoms with Crippen LogP contribution in [0.4, 0.5) is 0 Å². The predicted molar refractivity (Wildman–Crippen MR) is 43.0 cm³/mol. The molecule has 0 unspecified atom stereocenters. The van der Waals surface area contributed by atoms with Crippen LogP contribution in [-0.4, -0.2) is 29.7 Å². The first-order chi connectivity index (χ1) is 5.09. The normalized spacial score (nSPS) is 15.6. The molecular weight excluding hydrogens is 144 g/mol. The van der Waals surface area contributed by atoms with Crippen molar-refractivity contribution in [3.63, 3.8) is 0 Å². The van der Waals surface area contributed by atoms with Crippen molar-refractivity contribution in [3.8, 4) is 0 Å². The van der Waals surface area contributed by atoms with E-state index >= 15 is 0 Å². The minimum absolute atomic E-state index is 0.290. The molecule has 0 radical (unpaired) electrons. The molecule has 0 aromatic carbocycles. The smallest absolute Gasteiger partial charge is 0.239 e. The number of aliphatic hydroxyl groups excluding tert-OH is 1. The number of rotatable bonds is 4. The first-order valence-corrected chi connectivity index (χ1v) is 3.81. The minimum atomic E-state index is -0.804. The molecule has 0 heterocycles. The number of nitrogens with two attached hydrogens (primary N) is 1. The quantitative estimate of drug-likeness (QED) is 0.505. The highest BCUT2D eigenvalue weighted by Gasteiger charge is 2.17. The van der Waals surface area contributed by atoms with Gasteiger partial charge in [-0.05, 0) is 13.3 Å². The van der Waals surface area contributed by atoms with Crippen molar-refractivity contribution in [3.05, 3.63) is 0 Å². The molecule has 0 aromatic heterocycles. The number of carbonyl (C=O) groups excluding carboxylic acids is 1. The third kappa shape index (κ3) is 3.95. The van der Waals surface area contributed by atoms with E-state index in [0.29, 0.717) is 6.54 Å². The lowest BCUT2D eigenvalue weighted by atomic mass is 10.2. The van der Waals surface area contributed by atoms with Crippen LogP contribution in [0.5, 0.6) is 0 Å². The summed E-state index contributed by atoms with van der Waals surface area (Å²) in [6.07, 6.45) is 0.0880. The molecule has 0 saturated carbocycles. The monoisotopic (exact) mass is 160 g/mol. The highest BCUT2D eigenvalue weighted by molar-refractivity contribution is 5.81. The SMILES string of the molecule is CCCNC(=O)[C@H](N)[C@H](C)O. The van der Waals surface area contributed by atoms with Gasteiger partial charge in [-0.3, -0.25) is 4.79 Å². The molecule has 2 atom stereocenters. The van der Waals surface area contributed by atoms with E-state index in [-0.39, 0.29) is 5.91 Å². The second-order valence-electron chi connectivity index (χ2n) is 2.56. The number of hydrogen-bond acceptors (Lipinski definition) is 3. The summed E-state index contributed by atoms with van der Waals surface area (Å²) in [5.74, 6) is -0.290. The van der Waals surface area contributed by atoms with E-state index < -0.39 is 12.1 Å². The number of hydrogen-bond donors (Lipinski definition) is 3. The summed E-state index contributed by atoms with van der Waals surface area (Å²) in [7, 11) is 0. The summed E-state index contributed by atoms with van der Waals surface area (Å²) in [5.41, 5.74) is 5.34. The predicted octanol–water partition coefficient (Wildman–Crippen LogP) is -0.779. The summed E-state index contributed by atoms with van der Waals surface area (Å²) in [5, 5.41) is 11.5. The van der Waals surface area contributed by atoms with Gasteiger partial charge in [0.15, 0.2) is 0 Å². The van der Waals surface area contributed by atoms with Gasteiger partial charge in [-0.1, -0.05) is 6.92 Å². The van der Waals surface area contributed by atoms with Crippen LogP contribution >= 0.6 is 0 Å². The Labute approximate surface area is 66.8 Å². The van der Waals surface area contributed by atoms with Gasteiger partial charge < -0.3 is 16.2 Å². The summed E-state index contributed by atoms with van der Waals surface area (Å²) in [6, 6.07) is -0.804. The van der Waals surface area contributed by atoms with Crippen molar-refractivity contribution >= 4 is 5.91 Å². The first-order valence-electron chi connectivity index (χ1n) is 3.81. The van der Waals surface area contributed by atoms with Gasteiger partial charge in [0, 0.05) is 6.54 Å². The average molecular weight is 160 g/mol. The number of aliphatic hydroxyl groups is 1.